The Morgan fingerprint density at radius 1 is 0.955 bits per heavy atom. The molecule has 0 aliphatic rings. The first-order valence-electron chi connectivity index (χ1n) is 7.17. The molecule has 0 radical (unpaired) electrons. The van der Waals surface area contributed by atoms with Gasteiger partial charge in [0.05, 0.1) is 5.38 Å². The lowest BCUT2D eigenvalue weighted by atomic mass is 10.0. The Hall–Kier alpha value is -2.06. The number of allylic oxidation sites excluding steroid dienone is 1. The van der Waals surface area contributed by atoms with Gasteiger partial charge in [-0.15, -0.1) is 11.6 Å². The summed E-state index contributed by atoms with van der Waals surface area (Å²) in [5, 5.41) is -0.446. The van der Waals surface area contributed by atoms with E-state index in [0.29, 0.717) is 0 Å². The van der Waals surface area contributed by atoms with E-state index >= 15 is 0 Å². The van der Waals surface area contributed by atoms with Crippen molar-refractivity contribution in [3.63, 3.8) is 0 Å². The van der Waals surface area contributed by atoms with Gasteiger partial charge in [0.2, 0.25) is 0 Å². The van der Waals surface area contributed by atoms with E-state index in [1.54, 1.807) is 0 Å². The van der Waals surface area contributed by atoms with Crippen LogP contribution in [0, 0.1) is 0 Å². The lowest BCUT2D eigenvalue weighted by Gasteiger charge is -2.23. The van der Waals surface area contributed by atoms with Crippen molar-refractivity contribution in [2.24, 2.45) is 0 Å². The van der Waals surface area contributed by atoms with Gasteiger partial charge >= 0.3 is 5.97 Å². The Kier molecular flexibility index (Phi) is 5.79. The number of alkyl halides is 1. The van der Waals surface area contributed by atoms with Gasteiger partial charge in [0.1, 0.15) is 6.10 Å². The van der Waals surface area contributed by atoms with Crippen molar-refractivity contribution in [3.05, 3.63) is 83.4 Å². The van der Waals surface area contributed by atoms with Crippen LogP contribution in [0.5, 0.6) is 0 Å². The molecule has 3 heteroatoms. The third kappa shape index (κ3) is 4.47. The van der Waals surface area contributed by atoms with Crippen LogP contribution in [-0.4, -0.2) is 5.97 Å². The first-order chi connectivity index (χ1) is 10.6. The Balaban J connectivity index is 2.30. The topological polar surface area (TPSA) is 26.3 Å². The maximum absolute atomic E-state index is 12.0. The molecule has 0 spiro atoms. The summed E-state index contributed by atoms with van der Waals surface area (Å²) in [6, 6.07) is 19.2. The van der Waals surface area contributed by atoms with Crippen LogP contribution >= 0.6 is 11.6 Å². The molecule has 2 atom stereocenters. The number of halogens is 1. The number of esters is 1. The lowest BCUT2D eigenvalue weighted by molar-refractivity contribution is -0.143. The molecule has 0 aliphatic heterocycles. The van der Waals surface area contributed by atoms with Crippen LogP contribution in [0.25, 0.3) is 0 Å². The van der Waals surface area contributed by atoms with Crippen LogP contribution in [0.2, 0.25) is 0 Å². The molecule has 0 aliphatic carbocycles. The molecule has 114 valence electrons. The zero-order chi connectivity index (χ0) is 15.9. The van der Waals surface area contributed by atoms with Gasteiger partial charge in [-0.3, -0.25) is 0 Å². The SMILES string of the molecule is CC(C)=CC(=O)O[C@H](c1ccccc1)[C@@H](Cl)c1ccccc1. The summed E-state index contributed by atoms with van der Waals surface area (Å²) in [7, 11) is 0. The van der Waals surface area contributed by atoms with Crippen LogP contribution in [0.15, 0.2) is 72.3 Å². The van der Waals surface area contributed by atoms with Gasteiger partial charge in [0, 0.05) is 6.08 Å². The summed E-state index contributed by atoms with van der Waals surface area (Å²) >= 11 is 6.59. The quantitative estimate of drug-likeness (QED) is 0.430. The molecular weight excluding hydrogens is 296 g/mol. The molecule has 0 bridgehead atoms. The van der Waals surface area contributed by atoms with Crippen LogP contribution < -0.4 is 0 Å². The van der Waals surface area contributed by atoms with E-state index in [4.69, 9.17) is 16.3 Å². The summed E-state index contributed by atoms with van der Waals surface area (Å²) in [5.41, 5.74) is 2.69. The van der Waals surface area contributed by atoms with Crippen molar-refractivity contribution in [2.45, 2.75) is 25.3 Å². The number of hydrogen-bond acceptors (Lipinski definition) is 2. The van der Waals surface area contributed by atoms with Crippen LogP contribution in [0.3, 0.4) is 0 Å². The maximum Gasteiger partial charge on any atom is 0.331 e. The minimum absolute atomic E-state index is 0.379. The van der Waals surface area contributed by atoms with E-state index in [0.717, 1.165) is 16.7 Å². The van der Waals surface area contributed by atoms with Gasteiger partial charge in [-0.2, -0.15) is 0 Å². The molecule has 2 aromatic carbocycles. The average Bonchev–Trinajstić information content (AvgIpc) is 2.53. The second kappa shape index (κ2) is 7.81. The highest BCUT2D eigenvalue weighted by molar-refractivity contribution is 6.21. The van der Waals surface area contributed by atoms with Gasteiger partial charge in [-0.25, -0.2) is 4.79 Å². The Morgan fingerprint density at radius 2 is 1.45 bits per heavy atom. The third-order valence-corrected chi connectivity index (χ3v) is 3.64. The third-order valence-electron chi connectivity index (χ3n) is 3.16. The van der Waals surface area contributed by atoms with Crippen molar-refractivity contribution in [3.8, 4) is 0 Å². The molecule has 0 N–H and O–H groups in total. The molecule has 22 heavy (non-hydrogen) atoms. The highest BCUT2D eigenvalue weighted by Gasteiger charge is 2.26. The van der Waals surface area contributed by atoms with Crippen molar-refractivity contribution in [1.82, 2.24) is 0 Å². The van der Waals surface area contributed by atoms with E-state index < -0.39 is 11.5 Å². The van der Waals surface area contributed by atoms with Gasteiger partial charge < -0.3 is 4.74 Å². The molecule has 2 rings (SSSR count). The molecule has 0 fully saturated rings. The van der Waals surface area contributed by atoms with Gasteiger partial charge in [-0.05, 0) is 25.0 Å². The second-order valence-corrected chi connectivity index (χ2v) is 5.77. The van der Waals surface area contributed by atoms with Gasteiger partial charge in [0.25, 0.3) is 0 Å². The van der Waals surface area contributed by atoms with E-state index in [9.17, 15) is 4.79 Å². The number of hydrogen-bond donors (Lipinski definition) is 0. The smallest absolute Gasteiger partial charge is 0.331 e. The molecule has 0 aromatic heterocycles. The fourth-order valence-corrected chi connectivity index (χ4v) is 2.49. The predicted molar refractivity (Wildman–Crippen MR) is 89.7 cm³/mol. The minimum Gasteiger partial charge on any atom is -0.452 e. The highest BCUT2D eigenvalue weighted by Crippen LogP contribution is 2.37. The minimum atomic E-state index is -0.534. The first-order valence-corrected chi connectivity index (χ1v) is 7.61. The Morgan fingerprint density at radius 3 is 1.95 bits per heavy atom. The van der Waals surface area contributed by atoms with E-state index in [-0.39, 0.29) is 5.97 Å². The van der Waals surface area contributed by atoms with Crippen molar-refractivity contribution >= 4 is 17.6 Å². The van der Waals surface area contributed by atoms with Crippen LogP contribution in [-0.2, 0) is 9.53 Å². The second-order valence-electron chi connectivity index (χ2n) is 5.30. The number of benzene rings is 2. The molecule has 0 heterocycles. The standard InChI is InChI=1S/C19H19ClO2/c1-14(2)13-17(21)22-19(16-11-7-4-8-12-16)18(20)15-9-5-3-6-10-15/h3-13,18-19H,1-2H3/t18-,19+/m0/s1. The van der Waals surface area contributed by atoms with Gasteiger partial charge in [-0.1, -0.05) is 66.2 Å². The van der Waals surface area contributed by atoms with E-state index in [1.807, 2.05) is 74.5 Å². The summed E-state index contributed by atoms with van der Waals surface area (Å²) in [5.74, 6) is -0.379. The lowest BCUT2D eigenvalue weighted by Crippen LogP contribution is -2.14. The molecule has 2 nitrogen and oxygen atoms in total. The van der Waals surface area contributed by atoms with Crippen LogP contribution in [0.1, 0.15) is 36.5 Å². The monoisotopic (exact) mass is 314 g/mol. The normalized spacial score (nSPS) is 13.0. The fourth-order valence-electron chi connectivity index (χ4n) is 2.15. The fraction of sp³-hybridized carbons (Fsp3) is 0.211. The Bertz CT molecular complexity index is 631. The zero-order valence-electron chi connectivity index (χ0n) is 12.7. The number of carbonyl (C=O) groups excluding carboxylic acids is 1. The van der Waals surface area contributed by atoms with E-state index in [2.05, 4.69) is 0 Å². The molecule has 0 unspecified atom stereocenters. The Labute approximate surface area is 136 Å². The van der Waals surface area contributed by atoms with Crippen molar-refractivity contribution < 1.29 is 9.53 Å². The summed E-state index contributed by atoms with van der Waals surface area (Å²) in [4.78, 5) is 12.0. The molecular formula is C19H19ClO2. The molecule has 0 saturated carbocycles. The van der Waals surface area contributed by atoms with Crippen LogP contribution in [0.4, 0.5) is 0 Å². The molecule has 0 saturated heterocycles. The summed E-state index contributed by atoms with van der Waals surface area (Å²) in [6.07, 6.45) is 0.943. The molecule has 0 amide bonds. The first kappa shape index (κ1) is 16.3. The number of carbonyl (C=O) groups is 1. The summed E-state index contributed by atoms with van der Waals surface area (Å²) < 4.78 is 5.62. The average molecular weight is 315 g/mol. The largest absolute Gasteiger partial charge is 0.452 e. The highest BCUT2D eigenvalue weighted by atomic mass is 35.5. The van der Waals surface area contributed by atoms with E-state index in [1.165, 1.54) is 6.08 Å². The zero-order valence-corrected chi connectivity index (χ0v) is 13.5. The summed E-state index contributed by atoms with van der Waals surface area (Å²) in [6.45, 7) is 3.71. The number of rotatable bonds is 5. The maximum atomic E-state index is 12.0. The van der Waals surface area contributed by atoms with Crippen molar-refractivity contribution in [1.29, 1.82) is 0 Å². The van der Waals surface area contributed by atoms with Gasteiger partial charge in [0.15, 0.2) is 0 Å². The van der Waals surface area contributed by atoms with Crippen molar-refractivity contribution in [2.75, 3.05) is 0 Å². The number of ether oxygens (including phenoxy) is 1. The predicted octanol–water partition coefficient (Wildman–Crippen LogP) is 5.22. The molecule has 2 aromatic rings.